The Hall–Kier alpha value is -0.360. The van der Waals surface area contributed by atoms with E-state index in [1.165, 1.54) is 0 Å². The van der Waals surface area contributed by atoms with Crippen LogP contribution in [0.2, 0.25) is 0 Å². The van der Waals surface area contributed by atoms with E-state index in [1.54, 1.807) is 0 Å². The van der Waals surface area contributed by atoms with Gasteiger partial charge < -0.3 is 45.1 Å². The second-order valence-corrected chi connectivity index (χ2v) is 4.58. The van der Waals surface area contributed by atoms with Crippen molar-refractivity contribution in [3.63, 3.8) is 0 Å². The van der Waals surface area contributed by atoms with Crippen molar-refractivity contribution in [2.24, 2.45) is 5.73 Å². The van der Waals surface area contributed by atoms with Crippen LogP contribution in [0, 0.1) is 0 Å². The molecular weight excluding hydrogens is 286 g/mol. The van der Waals surface area contributed by atoms with Crippen LogP contribution in [0.15, 0.2) is 0 Å². The summed E-state index contributed by atoms with van der Waals surface area (Å²) in [7, 11) is 0. The molecule has 2 unspecified atom stereocenters. The van der Waals surface area contributed by atoms with Gasteiger partial charge in [-0.15, -0.1) is 0 Å². The van der Waals surface area contributed by atoms with E-state index in [9.17, 15) is 15.3 Å². The van der Waals surface area contributed by atoms with Gasteiger partial charge in [0.1, 0.15) is 24.4 Å². The smallest absolute Gasteiger partial charge is 0.186 e. The molecular formula is C12H25NO8. The topological polar surface area (TPSA) is 144 Å². The van der Waals surface area contributed by atoms with Gasteiger partial charge in [-0.1, -0.05) is 0 Å². The SMILES string of the molecule is NCCOCCOCCO[C@H]1OC(CO)[C@@H](O)[C@H](O)C1O. The number of aliphatic hydroxyl groups is 4. The molecule has 0 aromatic carbocycles. The van der Waals surface area contributed by atoms with Crippen LogP contribution in [0.5, 0.6) is 0 Å². The van der Waals surface area contributed by atoms with E-state index in [-0.39, 0.29) is 13.2 Å². The number of nitrogens with two attached hydrogens (primary N) is 1. The summed E-state index contributed by atoms with van der Waals surface area (Å²) in [5.41, 5.74) is 5.25. The molecule has 1 rings (SSSR count). The van der Waals surface area contributed by atoms with Crippen LogP contribution in [0.1, 0.15) is 0 Å². The second-order valence-electron chi connectivity index (χ2n) is 4.58. The van der Waals surface area contributed by atoms with E-state index in [0.29, 0.717) is 26.4 Å². The van der Waals surface area contributed by atoms with Crippen molar-refractivity contribution in [3.8, 4) is 0 Å². The van der Waals surface area contributed by atoms with Crippen LogP contribution >= 0.6 is 0 Å². The third-order valence-electron chi connectivity index (χ3n) is 2.99. The normalized spacial score (nSPS) is 33.3. The van der Waals surface area contributed by atoms with Gasteiger partial charge in [-0.2, -0.15) is 0 Å². The summed E-state index contributed by atoms with van der Waals surface area (Å²) in [5, 5.41) is 37.9. The first-order valence-corrected chi connectivity index (χ1v) is 6.89. The summed E-state index contributed by atoms with van der Waals surface area (Å²) in [6.07, 6.45) is -6.32. The first-order chi connectivity index (χ1) is 10.1. The number of rotatable bonds is 10. The summed E-state index contributed by atoms with van der Waals surface area (Å²) in [6, 6.07) is 0. The molecule has 0 aromatic heterocycles. The molecule has 1 aliphatic heterocycles. The Bertz CT molecular complexity index is 268. The van der Waals surface area contributed by atoms with Gasteiger partial charge in [-0.3, -0.25) is 0 Å². The highest BCUT2D eigenvalue weighted by Crippen LogP contribution is 2.21. The Morgan fingerprint density at radius 1 is 0.857 bits per heavy atom. The Kier molecular flexibility index (Phi) is 9.24. The van der Waals surface area contributed by atoms with Crippen molar-refractivity contribution < 1.29 is 39.4 Å². The molecule has 0 spiro atoms. The van der Waals surface area contributed by atoms with Gasteiger partial charge in [-0.05, 0) is 0 Å². The minimum absolute atomic E-state index is 0.125. The zero-order chi connectivity index (χ0) is 15.7. The molecule has 0 bridgehead atoms. The summed E-state index contributed by atoms with van der Waals surface area (Å²) in [6.45, 7) is 1.64. The minimum Gasteiger partial charge on any atom is -0.394 e. The van der Waals surface area contributed by atoms with Gasteiger partial charge in [-0.25, -0.2) is 0 Å². The highest BCUT2D eigenvalue weighted by atomic mass is 16.7. The molecule has 5 atom stereocenters. The molecule has 126 valence electrons. The van der Waals surface area contributed by atoms with E-state index in [4.69, 9.17) is 29.8 Å². The second kappa shape index (κ2) is 10.4. The molecule has 9 nitrogen and oxygen atoms in total. The molecule has 1 saturated heterocycles. The van der Waals surface area contributed by atoms with E-state index in [0.717, 1.165) is 0 Å². The van der Waals surface area contributed by atoms with E-state index in [2.05, 4.69) is 0 Å². The summed E-state index contributed by atoms with van der Waals surface area (Å²) in [5.74, 6) is 0. The summed E-state index contributed by atoms with van der Waals surface area (Å²) < 4.78 is 20.7. The quantitative estimate of drug-likeness (QED) is 0.263. The van der Waals surface area contributed by atoms with Crippen LogP contribution in [0.4, 0.5) is 0 Å². The van der Waals surface area contributed by atoms with Crippen LogP contribution < -0.4 is 5.73 Å². The number of hydrogen-bond donors (Lipinski definition) is 5. The lowest BCUT2D eigenvalue weighted by Gasteiger charge is -2.39. The van der Waals surface area contributed by atoms with Gasteiger partial charge in [0.05, 0.1) is 39.6 Å². The zero-order valence-electron chi connectivity index (χ0n) is 11.8. The fourth-order valence-electron chi connectivity index (χ4n) is 1.83. The van der Waals surface area contributed by atoms with E-state index >= 15 is 0 Å². The van der Waals surface area contributed by atoms with Gasteiger partial charge in [0, 0.05) is 6.54 Å². The third kappa shape index (κ3) is 6.10. The lowest BCUT2D eigenvalue weighted by Crippen LogP contribution is -2.59. The summed E-state index contributed by atoms with van der Waals surface area (Å²) >= 11 is 0. The standard InChI is InChI=1S/C12H25NO8/c13-1-2-18-3-4-19-5-6-20-12-11(17)10(16)9(15)8(7-14)21-12/h8-12,14-17H,1-7,13H2/t8?,9-,10+,11?,12+/m1/s1. The van der Waals surface area contributed by atoms with Gasteiger partial charge >= 0.3 is 0 Å². The molecule has 0 aliphatic carbocycles. The Labute approximate surface area is 123 Å². The van der Waals surface area contributed by atoms with Crippen LogP contribution in [0.3, 0.4) is 0 Å². The highest BCUT2D eigenvalue weighted by molar-refractivity contribution is 4.88. The number of aliphatic hydroxyl groups excluding tert-OH is 4. The van der Waals surface area contributed by atoms with Gasteiger partial charge in [0.2, 0.25) is 0 Å². The Morgan fingerprint density at radius 2 is 1.48 bits per heavy atom. The molecule has 1 aliphatic rings. The van der Waals surface area contributed by atoms with Gasteiger partial charge in [0.25, 0.3) is 0 Å². The van der Waals surface area contributed by atoms with Crippen molar-refractivity contribution in [1.82, 2.24) is 0 Å². The number of hydrogen-bond acceptors (Lipinski definition) is 9. The monoisotopic (exact) mass is 311 g/mol. The average molecular weight is 311 g/mol. The fraction of sp³-hybridized carbons (Fsp3) is 1.00. The molecule has 0 amide bonds. The molecule has 0 aromatic rings. The largest absolute Gasteiger partial charge is 0.394 e. The molecule has 1 fully saturated rings. The maximum Gasteiger partial charge on any atom is 0.186 e. The van der Waals surface area contributed by atoms with Crippen LogP contribution in [-0.4, -0.2) is 97.3 Å². The molecule has 6 N–H and O–H groups in total. The predicted molar refractivity (Wildman–Crippen MR) is 70.4 cm³/mol. The molecule has 9 heteroatoms. The minimum atomic E-state index is -1.44. The zero-order valence-corrected chi connectivity index (χ0v) is 11.8. The lowest BCUT2D eigenvalue weighted by molar-refractivity contribution is -0.302. The van der Waals surface area contributed by atoms with Gasteiger partial charge in [0.15, 0.2) is 6.29 Å². The van der Waals surface area contributed by atoms with Crippen LogP contribution in [0.25, 0.3) is 0 Å². The Balaban J connectivity index is 2.16. The van der Waals surface area contributed by atoms with Crippen LogP contribution in [-0.2, 0) is 18.9 Å². The molecule has 21 heavy (non-hydrogen) atoms. The molecule has 0 radical (unpaired) electrons. The van der Waals surface area contributed by atoms with Crippen molar-refractivity contribution in [1.29, 1.82) is 0 Å². The van der Waals surface area contributed by atoms with Crippen molar-refractivity contribution in [2.45, 2.75) is 30.7 Å². The predicted octanol–water partition coefficient (Wildman–Crippen LogP) is -3.21. The summed E-state index contributed by atoms with van der Waals surface area (Å²) in [4.78, 5) is 0. The fourth-order valence-corrected chi connectivity index (χ4v) is 1.83. The van der Waals surface area contributed by atoms with Crippen molar-refractivity contribution in [3.05, 3.63) is 0 Å². The first kappa shape index (κ1) is 18.7. The maximum absolute atomic E-state index is 9.71. The molecule has 1 heterocycles. The molecule has 0 saturated carbocycles. The van der Waals surface area contributed by atoms with Crippen molar-refractivity contribution >= 4 is 0 Å². The number of ether oxygens (including phenoxy) is 4. The van der Waals surface area contributed by atoms with Crippen molar-refractivity contribution in [2.75, 3.05) is 46.2 Å². The highest BCUT2D eigenvalue weighted by Gasteiger charge is 2.43. The lowest BCUT2D eigenvalue weighted by atomic mass is 9.99. The van der Waals surface area contributed by atoms with E-state index < -0.39 is 37.3 Å². The average Bonchev–Trinajstić information content (AvgIpc) is 2.49. The Morgan fingerprint density at radius 3 is 2.10 bits per heavy atom. The first-order valence-electron chi connectivity index (χ1n) is 6.89. The third-order valence-corrected chi connectivity index (χ3v) is 2.99. The maximum atomic E-state index is 9.71. The van der Waals surface area contributed by atoms with E-state index in [1.807, 2.05) is 0 Å².